The van der Waals surface area contributed by atoms with Gasteiger partial charge in [0.05, 0.1) is 26.2 Å². The third-order valence-electron chi connectivity index (χ3n) is 7.45. The standard InChI is InChI=1S/C25H37N7O4/c1-16-11-22(30-29-16)26-21-14-23(36-20-7-10-35-15-20)28-25(27-21)31(2)19-12-17-5-4-6-18(13-19)32(17)24(33)8-9-34-3/h11,14,17-20H,4-10,12-13,15H2,1-3H3,(H2,26,27,28,29,30)/t17-,18+,19-,20-/m0/s1. The highest BCUT2D eigenvalue weighted by molar-refractivity contribution is 5.77. The lowest BCUT2D eigenvalue weighted by atomic mass is 9.81. The summed E-state index contributed by atoms with van der Waals surface area (Å²) in [6, 6.07) is 4.46. The minimum absolute atomic E-state index is 0.0146. The summed E-state index contributed by atoms with van der Waals surface area (Å²) < 4.78 is 16.8. The van der Waals surface area contributed by atoms with Crippen molar-refractivity contribution in [1.29, 1.82) is 0 Å². The van der Waals surface area contributed by atoms with Gasteiger partial charge in [0.25, 0.3) is 0 Å². The predicted molar refractivity (Wildman–Crippen MR) is 135 cm³/mol. The number of anilines is 3. The maximum absolute atomic E-state index is 12.9. The fourth-order valence-corrected chi connectivity index (χ4v) is 5.64. The number of nitrogens with one attached hydrogen (secondary N) is 2. The number of carbonyl (C=O) groups excluding carboxylic acids is 1. The van der Waals surface area contributed by atoms with Gasteiger partial charge in [-0.15, -0.1) is 0 Å². The minimum atomic E-state index is -0.0146. The van der Waals surface area contributed by atoms with Crippen LogP contribution in [0.1, 0.15) is 50.6 Å². The van der Waals surface area contributed by atoms with Gasteiger partial charge in [0.1, 0.15) is 11.9 Å². The molecule has 3 aliphatic heterocycles. The fourth-order valence-electron chi connectivity index (χ4n) is 5.64. The molecule has 3 fully saturated rings. The number of ether oxygens (including phenoxy) is 3. The number of aromatic nitrogens is 4. The van der Waals surface area contributed by atoms with E-state index < -0.39 is 0 Å². The second-order valence-electron chi connectivity index (χ2n) is 10.1. The van der Waals surface area contributed by atoms with Crippen molar-refractivity contribution in [3.05, 3.63) is 17.8 Å². The number of hydrogen-bond acceptors (Lipinski definition) is 9. The molecule has 0 spiro atoms. The number of carbonyl (C=O) groups is 1. The smallest absolute Gasteiger partial charge is 0.230 e. The normalized spacial score (nSPS) is 25.6. The van der Waals surface area contributed by atoms with Crippen LogP contribution in [0.15, 0.2) is 12.1 Å². The Morgan fingerprint density at radius 2 is 2.03 bits per heavy atom. The van der Waals surface area contributed by atoms with Crippen LogP contribution < -0.4 is 15.0 Å². The summed E-state index contributed by atoms with van der Waals surface area (Å²) in [5.74, 6) is 2.64. The molecule has 2 bridgehead atoms. The van der Waals surface area contributed by atoms with E-state index in [1.54, 1.807) is 7.11 Å². The van der Waals surface area contributed by atoms with Crippen molar-refractivity contribution in [2.75, 3.05) is 44.2 Å². The number of rotatable bonds is 9. The predicted octanol–water partition coefficient (Wildman–Crippen LogP) is 2.80. The van der Waals surface area contributed by atoms with E-state index in [1.807, 2.05) is 26.1 Å². The molecule has 0 aromatic carbocycles. The van der Waals surface area contributed by atoms with Crippen molar-refractivity contribution >= 4 is 23.5 Å². The molecule has 2 aromatic rings. The maximum Gasteiger partial charge on any atom is 0.230 e. The summed E-state index contributed by atoms with van der Waals surface area (Å²) in [6.07, 6.45) is 6.32. The number of aromatic amines is 1. The molecule has 5 heterocycles. The summed E-state index contributed by atoms with van der Waals surface area (Å²) in [7, 11) is 3.69. The second kappa shape index (κ2) is 11.0. The Balaban J connectivity index is 1.35. The van der Waals surface area contributed by atoms with Crippen molar-refractivity contribution in [1.82, 2.24) is 25.1 Å². The van der Waals surface area contributed by atoms with Gasteiger partial charge in [-0.3, -0.25) is 9.89 Å². The average Bonchev–Trinajstić information content (AvgIpc) is 3.52. The van der Waals surface area contributed by atoms with Crippen LogP contribution in [-0.2, 0) is 14.3 Å². The van der Waals surface area contributed by atoms with E-state index in [-0.39, 0.29) is 30.1 Å². The zero-order valence-corrected chi connectivity index (χ0v) is 21.4. The van der Waals surface area contributed by atoms with Gasteiger partial charge in [0.15, 0.2) is 5.82 Å². The van der Waals surface area contributed by atoms with Crippen molar-refractivity contribution < 1.29 is 19.0 Å². The molecule has 3 aliphatic rings. The molecule has 1 amide bonds. The Morgan fingerprint density at radius 1 is 1.22 bits per heavy atom. The second-order valence-corrected chi connectivity index (χ2v) is 10.1. The highest BCUT2D eigenvalue weighted by Crippen LogP contribution is 2.37. The van der Waals surface area contributed by atoms with E-state index >= 15 is 0 Å². The topological polar surface area (TPSA) is 118 Å². The minimum Gasteiger partial charge on any atom is -0.472 e. The van der Waals surface area contributed by atoms with E-state index in [0.717, 1.165) is 37.8 Å². The van der Waals surface area contributed by atoms with Crippen LogP contribution in [0.5, 0.6) is 5.88 Å². The van der Waals surface area contributed by atoms with Crippen molar-refractivity contribution in [3.8, 4) is 5.88 Å². The number of methoxy groups -OCH3 is 1. The molecule has 3 saturated heterocycles. The van der Waals surface area contributed by atoms with E-state index in [9.17, 15) is 4.79 Å². The van der Waals surface area contributed by atoms with Gasteiger partial charge in [0.2, 0.25) is 17.7 Å². The van der Waals surface area contributed by atoms with Crippen molar-refractivity contribution in [2.24, 2.45) is 0 Å². The van der Waals surface area contributed by atoms with E-state index in [1.165, 1.54) is 6.42 Å². The van der Waals surface area contributed by atoms with Gasteiger partial charge in [-0.05, 0) is 39.0 Å². The summed E-state index contributed by atoms with van der Waals surface area (Å²) in [5, 5.41) is 10.5. The monoisotopic (exact) mass is 499 g/mol. The lowest BCUT2D eigenvalue weighted by Gasteiger charge is -2.50. The number of H-pyrrole nitrogens is 1. The van der Waals surface area contributed by atoms with Crippen LogP contribution in [0.25, 0.3) is 0 Å². The van der Waals surface area contributed by atoms with Gasteiger partial charge in [-0.25, -0.2) is 0 Å². The van der Waals surface area contributed by atoms with Gasteiger partial charge in [-0.2, -0.15) is 15.1 Å². The number of aryl methyl sites for hydroxylation is 1. The summed E-state index contributed by atoms with van der Waals surface area (Å²) in [6.45, 7) is 3.69. The van der Waals surface area contributed by atoms with Crippen molar-refractivity contribution in [3.63, 3.8) is 0 Å². The van der Waals surface area contributed by atoms with Crippen LogP contribution in [0.4, 0.5) is 17.6 Å². The number of nitrogens with zero attached hydrogens (tertiary/aromatic N) is 5. The van der Waals surface area contributed by atoms with Crippen LogP contribution in [-0.4, -0.2) is 89.2 Å². The van der Waals surface area contributed by atoms with Crippen LogP contribution in [0, 0.1) is 6.92 Å². The Kier molecular flexibility index (Phi) is 7.56. The van der Waals surface area contributed by atoms with Gasteiger partial charge >= 0.3 is 0 Å². The molecule has 2 N–H and O–H groups in total. The van der Waals surface area contributed by atoms with E-state index in [0.29, 0.717) is 49.7 Å². The number of piperidine rings is 2. The molecule has 36 heavy (non-hydrogen) atoms. The SMILES string of the molecule is COCCC(=O)N1[C@@H]2CCC[C@H]1C[C@H](N(C)c1nc(Nc3cc(C)[nH]n3)cc(O[C@H]3CCOC3)n1)C2. The van der Waals surface area contributed by atoms with E-state index in [2.05, 4.69) is 25.3 Å². The van der Waals surface area contributed by atoms with Gasteiger partial charge < -0.3 is 29.3 Å². The third-order valence-corrected chi connectivity index (χ3v) is 7.45. The summed E-state index contributed by atoms with van der Waals surface area (Å²) in [4.78, 5) is 26.8. The molecule has 11 nitrogen and oxygen atoms in total. The molecule has 196 valence electrons. The lowest BCUT2D eigenvalue weighted by molar-refractivity contribution is -0.142. The number of hydrogen-bond donors (Lipinski definition) is 2. The summed E-state index contributed by atoms with van der Waals surface area (Å²) >= 11 is 0. The molecule has 0 saturated carbocycles. The van der Waals surface area contributed by atoms with E-state index in [4.69, 9.17) is 24.2 Å². The first-order valence-electron chi connectivity index (χ1n) is 13.0. The van der Waals surface area contributed by atoms with Gasteiger partial charge in [-0.1, -0.05) is 0 Å². The third kappa shape index (κ3) is 5.57. The zero-order chi connectivity index (χ0) is 25.1. The van der Waals surface area contributed by atoms with Crippen molar-refractivity contribution in [2.45, 2.75) is 76.1 Å². The maximum atomic E-state index is 12.9. The first-order valence-corrected chi connectivity index (χ1v) is 13.0. The largest absolute Gasteiger partial charge is 0.472 e. The first kappa shape index (κ1) is 24.8. The molecule has 11 heteroatoms. The highest BCUT2D eigenvalue weighted by Gasteiger charge is 2.42. The van der Waals surface area contributed by atoms with Crippen LogP contribution in [0.2, 0.25) is 0 Å². The van der Waals surface area contributed by atoms with Crippen LogP contribution >= 0.6 is 0 Å². The zero-order valence-electron chi connectivity index (χ0n) is 21.4. The quantitative estimate of drug-likeness (QED) is 0.537. The lowest BCUT2D eigenvalue weighted by Crippen LogP contribution is -2.58. The Labute approximate surface area is 211 Å². The number of fused-ring (bicyclic) bond motifs is 2. The molecule has 0 unspecified atom stereocenters. The molecular weight excluding hydrogens is 462 g/mol. The first-order chi connectivity index (χ1) is 17.5. The molecule has 0 aliphatic carbocycles. The van der Waals surface area contributed by atoms with Crippen LogP contribution in [0.3, 0.4) is 0 Å². The molecule has 0 radical (unpaired) electrons. The Hall–Kier alpha value is -2.92. The molecule has 2 aromatic heterocycles. The molecule has 5 rings (SSSR count). The molecule has 4 atom stereocenters. The fraction of sp³-hybridized carbons (Fsp3) is 0.680. The average molecular weight is 500 g/mol. The Morgan fingerprint density at radius 3 is 2.69 bits per heavy atom. The summed E-state index contributed by atoms with van der Waals surface area (Å²) in [5.41, 5.74) is 0.960. The van der Waals surface area contributed by atoms with Gasteiger partial charge in [0, 0.05) is 56.5 Å². The molecular formula is C25H37N7O4. The highest BCUT2D eigenvalue weighted by atomic mass is 16.5. The number of amides is 1. The Bertz CT molecular complexity index is 1030.